The SMILES string of the molecule is CN1CCC23c4c5ccc(C=O)c4OC2C(OC(=O)C[C@H](NC(=O)[C@@H](O)c2ccccc2)C(=O)OC(C)(C)C)=CC[C@@]3(O)[C@H]1C5. The monoisotopic (exact) mass is 618 g/mol. The number of piperidine rings is 1. The number of amides is 1. The Morgan fingerprint density at radius 2 is 1.91 bits per heavy atom. The number of aldehydes is 1. The van der Waals surface area contributed by atoms with Crippen molar-refractivity contribution >= 4 is 24.1 Å². The minimum atomic E-state index is -1.58. The summed E-state index contributed by atoms with van der Waals surface area (Å²) in [5, 5.41) is 25.4. The molecular formula is C34H38N2O9. The van der Waals surface area contributed by atoms with Crippen LogP contribution in [-0.2, 0) is 35.7 Å². The van der Waals surface area contributed by atoms with Gasteiger partial charge in [-0.15, -0.1) is 0 Å². The molecular weight excluding hydrogens is 580 g/mol. The zero-order valence-electron chi connectivity index (χ0n) is 25.7. The molecule has 2 aliphatic heterocycles. The van der Waals surface area contributed by atoms with E-state index in [0.29, 0.717) is 36.3 Å². The average Bonchev–Trinajstić information content (AvgIpc) is 3.35. The van der Waals surface area contributed by atoms with Crippen molar-refractivity contribution in [3.8, 4) is 5.75 Å². The summed E-state index contributed by atoms with van der Waals surface area (Å²) in [6.45, 7) is 5.63. The van der Waals surface area contributed by atoms with E-state index in [2.05, 4.69) is 10.2 Å². The van der Waals surface area contributed by atoms with Gasteiger partial charge in [-0.3, -0.25) is 14.4 Å². The highest BCUT2D eigenvalue weighted by molar-refractivity contribution is 5.90. The molecule has 3 N–H and O–H groups in total. The highest BCUT2D eigenvalue weighted by atomic mass is 16.6. The number of nitrogens with one attached hydrogen (secondary N) is 1. The summed E-state index contributed by atoms with van der Waals surface area (Å²) in [6.07, 6.45) is 0.577. The second-order valence-corrected chi connectivity index (χ2v) is 13.4. The summed E-state index contributed by atoms with van der Waals surface area (Å²) < 4.78 is 17.8. The van der Waals surface area contributed by atoms with E-state index in [1.54, 1.807) is 63.2 Å². The zero-order valence-corrected chi connectivity index (χ0v) is 25.7. The molecule has 2 heterocycles. The van der Waals surface area contributed by atoms with Gasteiger partial charge >= 0.3 is 11.9 Å². The van der Waals surface area contributed by atoms with Crippen LogP contribution in [0.5, 0.6) is 5.75 Å². The molecule has 1 saturated heterocycles. The third kappa shape index (κ3) is 5.03. The Morgan fingerprint density at radius 1 is 1.18 bits per heavy atom. The predicted octanol–water partition coefficient (Wildman–Crippen LogP) is 2.27. The molecule has 6 rings (SSSR count). The standard InChI is InChI=1S/C34H38N2O9/c1-32(2,3)45-31(41)22(35-30(40)27(39)19-8-6-5-7-9-19)17-25(38)43-23-12-13-34(42)24-16-20-10-11-21(18-37)28-26(20)33(34,29(23)44-28)14-15-36(24)4/h5-12,18,22,24,27,29,39,42H,13-17H2,1-4H3,(H,35,40)/t22-,24+,27-,29?,33?,34+/m0/s1. The molecule has 11 nitrogen and oxygen atoms in total. The number of carbonyl (C=O) groups is 4. The average molecular weight is 619 g/mol. The number of likely N-dealkylation sites (tertiary alicyclic amines) is 1. The Morgan fingerprint density at radius 3 is 2.60 bits per heavy atom. The lowest BCUT2D eigenvalue weighted by Gasteiger charge is -2.61. The summed E-state index contributed by atoms with van der Waals surface area (Å²) in [6, 6.07) is 10.1. The van der Waals surface area contributed by atoms with Gasteiger partial charge in [-0.1, -0.05) is 36.4 Å². The van der Waals surface area contributed by atoms with E-state index in [1.807, 2.05) is 13.1 Å². The van der Waals surface area contributed by atoms with Gasteiger partial charge in [0.2, 0.25) is 0 Å². The Balaban J connectivity index is 1.27. The molecule has 1 spiro atoms. The molecule has 0 radical (unpaired) electrons. The van der Waals surface area contributed by atoms with Crippen molar-refractivity contribution in [1.29, 1.82) is 0 Å². The number of ether oxygens (including phenoxy) is 3. The van der Waals surface area contributed by atoms with Crippen LogP contribution in [0.15, 0.2) is 54.3 Å². The van der Waals surface area contributed by atoms with Gasteiger partial charge in [-0.2, -0.15) is 0 Å². The number of hydrogen-bond acceptors (Lipinski definition) is 10. The van der Waals surface area contributed by atoms with Crippen molar-refractivity contribution in [3.63, 3.8) is 0 Å². The first-order valence-corrected chi connectivity index (χ1v) is 15.2. The van der Waals surface area contributed by atoms with Crippen LogP contribution in [0.2, 0.25) is 0 Å². The summed E-state index contributed by atoms with van der Waals surface area (Å²) in [7, 11) is 1.98. The number of benzene rings is 2. The predicted molar refractivity (Wildman–Crippen MR) is 160 cm³/mol. The van der Waals surface area contributed by atoms with Crippen molar-refractivity contribution < 1.29 is 43.6 Å². The highest BCUT2D eigenvalue weighted by Gasteiger charge is 2.72. The normalized spacial score (nSPS) is 27.6. The van der Waals surface area contributed by atoms with Crippen LogP contribution in [0.25, 0.3) is 0 Å². The fourth-order valence-corrected chi connectivity index (χ4v) is 7.51. The van der Waals surface area contributed by atoms with Crippen molar-refractivity contribution in [1.82, 2.24) is 10.2 Å². The lowest BCUT2D eigenvalue weighted by molar-refractivity contribution is -0.170. The van der Waals surface area contributed by atoms with E-state index in [4.69, 9.17) is 14.2 Å². The number of rotatable bonds is 8. The smallest absolute Gasteiger partial charge is 0.329 e. The molecule has 2 aliphatic carbocycles. The minimum absolute atomic E-state index is 0.174. The third-order valence-corrected chi connectivity index (χ3v) is 9.51. The summed E-state index contributed by atoms with van der Waals surface area (Å²) in [5.74, 6) is -2.02. The maximum Gasteiger partial charge on any atom is 0.329 e. The Bertz CT molecular complexity index is 1580. The lowest BCUT2D eigenvalue weighted by Crippen LogP contribution is -2.74. The maximum atomic E-state index is 13.5. The van der Waals surface area contributed by atoms with Gasteiger partial charge in [-0.05, 0) is 70.5 Å². The first kappa shape index (κ1) is 30.9. The first-order chi connectivity index (χ1) is 21.3. The molecule has 4 aliphatic rings. The van der Waals surface area contributed by atoms with E-state index in [-0.39, 0.29) is 18.2 Å². The Hall–Kier alpha value is -4.06. The van der Waals surface area contributed by atoms with Crippen molar-refractivity contribution in [2.75, 3.05) is 13.6 Å². The van der Waals surface area contributed by atoms with Gasteiger partial charge in [0, 0.05) is 18.0 Å². The number of carbonyl (C=O) groups excluding carboxylic acids is 4. The Labute approximate surface area is 261 Å². The molecule has 11 heteroatoms. The fraction of sp³-hybridized carbons (Fsp3) is 0.471. The molecule has 0 aromatic heterocycles. The summed E-state index contributed by atoms with van der Waals surface area (Å²) in [5.41, 5.74) is -0.657. The van der Waals surface area contributed by atoms with Crippen LogP contribution >= 0.6 is 0 Å². The highest BCUT2D eigenvalue weighted by Crippen LogP contribution is 2.64. The molecule has 1 amide bonds. The quantitative estimate of drug-likeness (QED) is 0.297. The van der Waals surface area contributed by atoms with Gasteiger partial charge in [-0.25, -0.2) is 4.79 Å². The summed E-state index contributed by atoms with van der Waals surface area (Å²) >= 11 is 0. The molecule has 2 unspecified atom stereocenters. The topological polar surface area (TPSA) is 152 Å². The number of hydrogen-bond donors (Lipinski definition) is 3. The van der Waals surface area contributed by atoms with Crippen LogP contribution in [0.4, 0.5) is 0 Å². The molecule has 45 heavy (non-hydrogen) atoms. The number of aliphatic hydroxyl groups excluding tert-OH is 1. The third-order valence-electron chi connectivity index (χ3n) is 9.51. The van der Waals surface area contributed by atoms with Crippen molar-refractivity contribution in [3.05, 3.63) is 76.6 Å². The fourth-order valence-electron chi connectivity index (χ4n) is 7.51. The number of nitrogens with zero attached hydrogens (tertiary/aromatic N) is 1. The lowest BCUT2D eigenvalue weighted by atomic mass is 9.50. The van der Waals surface area contributed by atoms with E-state index in [9.17, 15) is 29.4 Å². The van der Waals surface area contributed by atoms with Gasteiger partial charge in [0.1, 0.15) is 23.2 Å². The van der Waals surface area contributed by atoms with Crippen LogP contribution in [0, 0.1) is 0 Å². The molecule has 2 aromatic carbocycles. The van der Waals surface area contributed by atoms with E-state index < -0.39 is 59.1 Å². The zero-order chi connectivity index (χ0) is 32.3. The van der Waals surface area contributed by atoms with Crippen LogP contribution in [0.3, 0.4) is 0 Å². The van der Waals surface area contributed by atoms with E-state index in [1.165, 1.54) is 0 Å². The molecule has 6 atom stereocenters. The molecule has 2 bridgehead atoms. The van der Waals surface area contributed by atoms with Gasteiger partial charge in [0.15, 0.2) is 18.5 Å². The van der Waals surface area contributed by atoms with Gasteiger partial charge in [0.05, 0.1) is 23.0 Å². The second kappa shape index (κ2) is 11.1. The molecule has 0 saturated carbocycles. The largest absolute Gasteiger partial charge is 0.480 e. The molecule has 2 aromatic rings. The van der Waals surface area contributed by atoms with E-state index >= 15 is 0 Å². The summed E-state index contributed by atoms with van der Waals surface area (Å²) in [4.78, 5) is 53.8. The Kier molecular flexibility index (Phi) is 7.62. The van der Waals surface area contributed by atoms with Crippen LogP contribution in [0.1, 0.15) is 73.2 Å². The minimum Gasteiger partial charge on any atom is -0.480 e. The number of aliphatic hydroxyl groups is 2. The van der Waals surface area contributed by atoms with Crippen molar-refractivity contribution in [2.45, 2.75) is 87.4 Å². The number of likely N-dealkylation sites (N-methyl/N-ethyl adjacent to an activating group) is 1. The molecule has 1 fully saturated rings. The van der Waals surface area contributed by atoms with Gasteiger partial charge < -0.3 is 34.6 Å². The first-order valence-electron chi connectivity index (χ1n) is 15.2. The second-order valence-electron chi connectivity index (χ2n) is 13.4. The molecule has 238 valence electrons. The maximum absolute atomic E-state index is 13.5. The van der Waals surface area contributed by atoms with Crippen LogP contribution in [-0.4, -0.2) is 82.2 Å². The van der Waals surface area contributed by atoms with E-state index in [0.717, 1.165) is 17.4 Å². The number of esters is 2. The van der Waals surface area contributed by atoms with Crippen molar-refractivity contribution in [2.24, 2.45) is 0 Å². The van der Waals surface area contributed by atoms with Gasteiger partial charge in [0.25, 0.3) is 5.91 Å². The van der Waals surface area contributed by atoms with Crippen LogP contribution < -0.4 is 10.1 Å².